The zero-order valence-corrected chi connectivity index (χ0v) is 13.3. The van der Waals surface area contributed by atoms with E-state index in [1.807, 2.05) is 48.7 Å². The Kier molecular flexibility index (Phi) is 6.44. The Labute approximate surface area is 134 Å². The Hall–Kier alpha value is -2.34. The van der Waals surface area contributed by atoms with Crippen molar-refractivity contribution >= 4 is 28.9 Å². The number of guanidine groups is 1. The van der Waals surface area contributed by atoms with Gasteiger partial charge in [-0.2, -0.15) is 0 Å². The van der Waals surface area contributed by atoms with Gasteiger partial charge in [0.05, 0.1) is 6.54 Å². The summed E-state index contributed by atoms with van der Waals surface area (Å²) in [6.07, 6.45) is 0. The molecule has 1 aromatic heterocycles. The molecule has 22 heavy (non-hydrogen) atoms. The predicted octanol–water partition coefficient (Wildman–Crippen LogP) is 2.44. The van der Waals surface area contributed by atoms with Crippen molar-refractivity contribution in [1.82, 2.24) is 10.6 Å². The van der Waals surface area contributed by atoms with Crippen LogP contribution >= 0.6 is 11.3 Å². The number of carbonyl (C=O) groups is 1. The standard InChI is InChI=1S/C16H20N4OS/c1-2-17-16(18-11-14-9-6-10-22-14)19-12-15(21)20-13-7-4-3-5-8-13/h3-10H,2,11-12H2,1H3,(H,20,21)(H2,17,18,19). The van der Waals surface area contributed by atoms with Crippen LogP contribution in [-0.2, 0) is 11.3 Å². The van der Waals surface area contributed by atoms with E-state index in [-0.39, 0.29) is 12.5 Å². The lowest BCUT2D eigenvalue weighted by Gasteiger charge is -2.10. The van der Waals surface area contributed by atoms with Crippen LogP contribution in [0.15, 0.2) is 52.8 Å². The number of aliphatic imine (C=N–C) groups is 1. The zero-order valence-electron chi connectivity index (χ0n) is 12.5. The molecule has 6 heteroatoms. The van der Waals surface area contributed by atoms with E-state index in [0.29, 0.717) is 12.5 Å². The molecule has 0 aliphatic rings. The second-order valence-corrected chi connectivity index (χ2v) is 5.57. The molecular weight excluding hydrogens is 296 g/mol. The Morgan fingerprint density at radius 2 is 1.95 bits per heavy atom. The maximum atomic E-state index is 11.9. The largest absolute Gasteiger partial charge is 0.357 e. The van der Waals surface area contributed by atoms with Crippen LogP contribution in [0.4, 0.5) is 5.69 Å². The lowest BCUT2D eigenvalue weighted by molar-refractivity contribution is -0.114. The molecule has 0 unspecified atom stereocenters. The van der Waals surface area contributed by atoms with Crippen molar-refractivity contribution in [1.29, 1.82) is 0 Å². The van der Waals surface area contributed by atoms with Crippen molar-refractivity contribution in [2.24, 2.45) is 4.99 Å². The van der Waals surface area contributed by atoms with Gasteiger partial charge in [-0.1, -0.05) is 24.3 Å². The zero-order chi connectivity index (χ0) is 15.6. The topological polar surface area (TPSA) is 65.5 Å². The van der Waals surface area contributed by atoms with Gasteiger partial charge >= 0.3 is 0 Å². The van der Waals surface area contributed by atoms with E-state index in [1.54, 1.807) is 11.3 Å². The summed E-state index contributed by atoms with van der Waals surface area (Å²) in [6, 6.07) is 13.4. The van der Waals surface area contributed by atoms with Crippen molar-refractivity contribution in [2.75, 3.05) is 18.4 Å². The Bertz CT molecular complexity index is 596. The molecule has 0 atom stereocenters. The maximum Gasteiger partial charge on any atom is 0.246 e. The van der Waals surface area contributed by atoms with E-state index < -0.39 is 0 Å². The maximum absolute atomic E-state index is 11.9. The molecule has 2 rings (SSSR count). The lowest BCUT2D eigenvalue weighted by atomic mass is 10.3. The summed E-state index contributed by atoms with van der Waals surface area (Å²) in [6.45, 7) is 3.52. The van der Waals surface area contributed by atoms with E-state index in [2.05, 4.69) is 27.0 Å². The summed E-state index contributed by atoms with van der Waals surface area (Å²) in [5.41, 5.74) is 0.777. The number of para-hydroxylation sites is 1. The molecule has 2 aromatic rings. The summed E-state index contributed by atoms with van der Waals surface area (Å²) in [7, 11) is 0. The molecule has 0 fully saturated rings. The fourth-order valence-corrected chi connectivity index (χ4v) is 2.44. The molecule has 0 saturated carbocycles. The second kappa shape index (κ2) is 8.84. The highest BCUT2D eigenvalue weighted by Crippen LogP contribution is 2.07. The van der Waals surface area contributed by atoms with E-state index in [9.17, 15) is 4.79 Å². The average molecular weight is 316 g/mol. The Balaban J connectivity index is 1.84. The smallest absolute Gasteiger partial charge is 0.246 e. The van der Waals surface area contributed by atoms with Crippen molar-refractivity contribution < 1.29 is 4.79 Å². The fourth-order valence-electron chi connectivity index (χ4n) is 1.80. The van der Waals surface area contributed by atoms with Gasteiger partial charge in [0, 0.05) is 17.1 Å². The number of amides is 1. The van der Waals surface area contributed by atoms with Gasteiger partial charge in [-0.15, -0.1) is 11.3 Å². The van der Waals surface area contributed by atoms with Crippen LogP contribution in [0.25, 0.3) is 0 Å². The molecule has 5 nitrogen and oxygen atoms in total. The van der Waals surface area contributed by atoms with Crippen LogP contribution in [0.5, 0.6) is 0 Å². The molecule has 0 bridgehead atoms. The first-order chi connectivity index (χ1) is 10.8. The quantitative estimate of drug-likeness (QED) is 0.566. The molecule has 0 aliphatic heterocycles. The minimum atomic E-state index is -0.139. The highest BCUT2D eigenvalue weighted by molar-refractivity contribution is 7.09. The first kappa shape index (κ1) is 16.0. The minimum Gasteiger partial charge on any atom is -0.357 e. The number of thiophene rings is 1. The van der Waals surface area contributed by atoms with Crippen LogP contribution in [0.2, 0.25) is 0 Å². The number of nitrogens with one attached hydrogen (secondary N) is 3. The average Bonchev–Trinajstić information content (AvgIpc) is 3.04. The summed E-state index contributed by atoms with van der Waals surface area (Å²) in [5.74, 6) is 0.499. The second-order valence-electron chi connectivity index (χ2n) is 4.54. The summed E-state index contributed by atoms with van der Waals surface area (Å²) >= 11 is 1.68. The third-order valence-electron chi connectivity index (χ3n) is 2.79. The van der Waals surface area contributed by atoms with Crippen molar-refractivity contribution in [3.05, 3.63) is 52.7 Å². The van der Waals surface area contributed by atoms with Crippen molar-refractivity contribution in [3.8, 4) is 0 Å². The molecule has 116 valence electrons. The normalized spacial score (nSPS) is 11.0. The van der Waals surface area contributed by atoms with Gasteiger partial charge in [-0.3, -0.25) is 4.79 Å². The van der Waals surface area contributed by atoms with Gasteiger partial charge in [-0.25, -0.2) is 4.99 Å². The van der Waals surface area contributed by atoms with E-state index in [0.717, 1.165) is 12.2 Å². The molecule has 3 N–H and O–H groups in total. The van der Waals surface area contributed by atoms with Crippen LogP contribution in [0.1, 0.15) is 11.8 Å². The molecule has 0 saturated heterocycles. The first-order valence-corrected chi connectivity index (χ1v) is 8.05. The molecule has 1 heterocycles. The van der Waals surface area contributed by atoms with Gasteiger partial charge in [0.2, 0.25) is 5.91 Å². The van der Waals surface area contributed by atoms with Gasteiger partial charge in [0.15, 0.2) is 5.96 Å². The molecule has 0 radical (unpaired) electrons. The number of hydrogen-bond donors (Lipinski definition) is 3. The van der Waals surface area contributed by atoms with Crippen LogP contribution in [-0.4, -0.2) is 25.0 Å². The van der Waals surface area contributed by atoms with Gasteiger partial charge < -0.3 is 16.0 Å². The third-order valence-corrected chi connectivity index (χ3v) is 3.67. The van der Waals surface area contributed by atoms with Gasteiger partial charge in [0.1, 0.15) is 6.54 Å². The monoisotopic (exact) mass is 316 g/mol. The predicted molar refractivity (Wildman–Crippen MR) is 92.2 cm³/mol. The van der Waals surface area contributed by atoms with Crippen molar-refractivity contribution in [2.45, 2.75) is 13.5 Å². The minimum absolute atomic E-state index is 0.0780. The third kappa shape index (κ3) is 5.57. The number of hydrogen-bond acceptors (Lipinski definition) is 3. The van der Waals surface area contributed by atoms with Gasteiger partial charge in [0.25, 0.3) is 0 Å². The fraction of sp³-hybridized carbons (Fsp3) is 0.250. The van der Waals surface area contributed by atoms with Crippen LogP contribution in [0.3, 0.4) is 0 Å². The summed E-state index contributed by atoms with van der Waals surface area (Å²) < 4.78 is 0. The molecule has 1 amide bonds. The number of anilines is 1. The molecular formula is C16H20N4OS. The van der Waals surface area contributed by atoms with Crippen molar-refractivity contribution in [3.63, 3.8) is 0 Å². The summed E-state index contributed by atoms with van der Waals surface area (Å²) in [4.78, 5) is 17.4. The molecule has 1 aromatic carbocycles. The SMILES string of the molecule is CCNC(=NCC(=O)Nc1ccccc1)NCc1cccs1. The number of benzene rings is 1. The molecule has 0 spiro atoms. The number of rotatable bonds is 6. The van der Waals surface area contributed by atoms with E-state index in [4.69, 9.17) is 0 Å². The van der Waals surface area contributed by atoms with Gasteiger partial charge in [-0.05, 0) is 30.5 Å². The highest BCUT2D eigenvalue weighted by Gasteiger charge is 2.03. The highest BCUT2D eigenvalue weighted by atomic mass is 32.1. The Morgan fingerprint density at radius 1 is 1.14 bits per heavy atom. The number of carbonyl (C=O) groups excluding carboxylic acids is 1. The molecule has 0 aliphatic carbocycles. The van der Waals surface area contributed by atoms with Crippen LogP contribution in [0, 0.1) is 0 Å². The number of nitrogens with zero attached hydrogens (tertiary/aromatic N) is 1. The first-order valence-electron chi connectivity index (χ1n) is 7.17. The van der Waals surface area contributed by atoms with Crippen LogP contribution < -0.4 is 16.0 Å². The van der Waals surface area contributed by atoms with E-state index >= 15 is 0 Å². The summed E-state index contributed by atoms with van der Waals surface area (Å²) in [5, 5.41) is 11.2. The lowest BCUT2D eigenvalue weighted by Crippen LogP contribution is -2.37. The Morgan fingerprint density at radius 3 is 2.64 bits per heavy atom. The van der Waals surface area contributed by atoms with E-state index in [1.165, 1.54) is 4.88 Å².